The first kappa shape index (κ1) is 23.1. The Hall–Kier alpha value is -3.04. The third kappa shape index (κ3) is 4.99. The number of nitrogens with zero attached hydrogens (tertiary/aromatic N) is 3. The molecule has 1 amide bonds. The van der Waals surface area contributed by atoms with Crippen molar-refractivity contribution in [2.24, 2.45) is 5.92 Å². The second-order valence-corrected chi connectivity index (χ2v) is 10.3. The second-order valence-electron chi connectivity index (χ2n) is 8.40. The number of nitrogens with one attached hydrogen (secondary N) is 1. The van der Waals surface area contributed by atoms with Gasteiger partial charge in [0.1, 0.15) is 5.82 Å². The third-order valence-corrected chi connectivity index (χ3v) is 8.10. The van der Waals surface area contributed by atoms with Crippen LogP contribution in [0.5, 0.6) is 0 Å². The smallest absolute Gasteiger partial charge is 0.243 e. The Bertz CT molecular complexity index is 1250. The van der Waals surface area contributed by atoms with E-state index < -0.39 is 15.8 Å². The lowest BCUT2D eigenvalue weighted by Crippen LogP contribution is -2.42. The van der Waals surface area contributed by atoms with Crippen LogP contribution in [0.3, 0.4) is 0 Å². The van der Waals surface area contributed by atoms with E-state index in [1.807, 2.05) is 19.9 Å². The Morgan fingerprint density at radius 2 is 1.88 bits per heavy atom. The lowest BCUT2D eigenvalue weighted by molar-refractivity contribution is -0.126. The van der Waals surface area contributed by atoms with Crippen molar-refractivity contribution in [1.82, 2.24) is 19.2 Å². The summed E-state index contributed by atoms with van der Waals surface area (Å²) in [7, 11) is -3.58. The summed E-state index contributed by atoms with van der Waals surface area (Å²) in [5.41, 5.74) is 3.01. The predicted octanol–water partition coefficient (Wildman–Crippen LogP) is 3.35. The summed E-state index contributed by atoms with van der Waals surface area (Å²) in [6.07, 6.45) is 5.65. The van der Waals surface area contributed by atoms with Crippen molar-refractivity contribution in [3.05, 3.63) is 77.6 Å². The van der Waals surface area contributed by atoms with Crippen molar-refractivity contribution >= 4 is 15.9 Å². The van der Waals surface area contributed by atoms with Gasteiger partial charge in [0.15, 0.2) is 0 Å². The molecule has 33 heavy (non-hydrogen) atoms. The molecule has 1 aliphatic heterocycles. The Morgan fingerprint density at radius 1 is 1.12 bits per heavy atom. The summed E-state index contributed by atoms with van der Waals surface area (Å²) >= 11 is 0. The van der Waals surface area contributed by atoms with Crippen LogP contribution in [0.25, 0.3) is 5.69 Å². The van der Waals surface area contributed by atoms with Crippen molar-refractivity contribution in [2.75, 3.05) is 13.1 Å². The highest BCUT2D eigenvalue weighted by Gasteiger charge is 2.32. The van der Waals surface area contributed by atoms with Gasteiger partial charge in [0, 0.05) is 37.9 Å². The zero-order valence-corrected chi connectivity index (χ0v) is 19.5. The first-order chi connectivity index (χ1) is 15.8. The summed E-state index contributed by atoms with van der Waals surface area (Å²) in [5, 5.41) is 2.86. The van der Waals surface area contributed by atoms with Gasteiger partial charge in [0.2, 0.25) is 15.9 Å². The molecule has 1 N–H and O–H groups in total. The number of carbonyl (C=O) groups is 1. The minimum absolute atomic E-state index is 0.141. The van der Waals surface area contributed by atoms with Gasteiger partial charge in [-0.15, -0.1) is 0 Å². The van der Waals surface area contributed by atoms with Crippen LogP contribution < -0.4 is 5.32 Å². The number of imidazole rings is 1. The molecule has 9 heteroatoms. The van der Waals surface area contributed by atoms with Gasteiger partial charge in [-0.05, 0) is 67.6 Å². The first-order valence-corrected chi connectivity index (χ1v) is 12.3. The number of rotatable bonds is 6. The number of piperidine rings is 1. The molecular formula is C24H27FN4O3S. The van der Waals surface area contributed by atoms with Gasteiger partial charge >= 0.3 is 0 Å². The van der Waals surface area contributed by atoms with Crippen LogP contribution in [0.2, 0.25) is 0 Å². The summed E-state index contributed by atoms with van der Waals surface area (Å²) in [6, 6.07) is 9.95. The van der Waals surface area contributed by atoms with E-state index in [-0.39, 0.29) is 23.3 Å². The van der Waals surface area contributed by atoms with Crippen molar-refractivity contribution in [2.45, 2.75) is 38.1 Å². The van der Waals surface area contributed by atoms with Crippen LogP contribution in [0.1, 0.15) is 29.5 Å². The van der Waals surface area contributed by atoms with E-state index in [2.05, 4.69) is 10.3 Å². The van der Waals surface area contributed by atoms with E-state index in [0.717, 1.165) is 11.1 Å². The molecule has 0 saturated carbocycles. The van der Waals surface area contributed by atoms with E-state index in [0.29, 0.717) is 37.2 Å². The fourth-order valence-electron chi connectivity index (χ4n) is 3.99. The molecule has 1 saturated heterocycles. The molecule has 1 fully saturated rings. The van der Waals surface area contributed by atoms with Crippen LogP contribution >= 0.6 is 0 Å². The molecule has 2 aromatic carbocycles. The second kappa shape index (κ2) is 9.44. The summed E-state index contributed by atoms with van der Waals surface area (Å²) < 4.78 is 43.4. The number of aryl methyl sites for hydroxylation is 2. The Labute approximate surface area is 193 Å². The standard InChI is InChI=1S/C24H27FN4O3S/c1-17-3-5-21(13-18(17)2)33(31,32)29-10-7-20(8-11-29)24(30)27-15-19-4-6-23(22(25)14-19)28-12-9-26-16-28/h3-6,9,12-14,16,20H,7-8,10-11,15H2,1-2H3,(H,27,30). The minimum Gasteiger partial charge on any atom is -0.352 e. The molecule has 0 unspecified atom stereocenters. The molecule has 4 rings (SSSR count). The van der Waals surface area contributed by atoms with Gasteiger partial charge in [0.05, 0.1) is 16.9 Å². The molecule has 7 nitrogen and oxygen atoms in total. The maximum atomic E-state index is 14.4. The molecule has 0 bridgehead atoms. The molecule has 174 valence electrons. The first-order valence-electron chi connectivity index (χ1n) is 10.9. The quantitative estimate of drug-likeness (QED) is 0.599. The fourth-order valence-corrected chi connectivity index (χ4v) is 5.54. The maximum Gasteiger partial charge on any atom is 0.243 e. The number of benzene rings is 2. The Balaban J connectivity index is 1.32. The molecule has 0 atom stereocenters. The lowest BCUT2D eigenvalue weighted by Gasteiger charge is -2.30. The van der Waals surface area contributed by atoms with E-state index in [9.17, 15) is 17.6 Å². The number of halogens is 1. The van der Waals surface area contributed by atoms with Gasteiger partial charge in [0.25, 0.3) is 0 Å². The highest BCUT2D eigenvalue weighted by Crippen LogP contribution is 2.25. The normalized spacial score (nSPS) is 15.5. The van der Waals surface area contributed by atoms with E-state index in [1.54, 1.807) is 41.2 Å². The van der Waals surface area contributed by atoms with Crippen molar-refractivity contribution in [3.8, 4) is 5.69 Å². The monoisotopic (exact) mass is 470 g/mol. The number of sulfonamides is 1. The Morgan fingerprint density at radius 3 is 2.52 bits per heavy atom. The average Bonchev–Trinajstić information content (AvgIpc) is 3.34. The topological polar surface area (TPSA) is 84.3 Å². The zero-order valence-electron chi connectivity index (χ0n) is 18.7. The van der Waals surface area contributed by atoms with Gasteiger partial charge < -0.3 is 9.88 Å². The van der Waals surface area contributed by atoms with Gasteiger partial charge in [-0.2, -0.15) is 4.31 Å². The predicted molar refractivity (Wildman–Crippen MR) is 123 cm³/mol. The lowest BCUT2D eigenvalue weighted by atomic mass is 9.97. The molecule has 1 aromatic heterocycles. The molecule has 2 heterocycles. The van der Waals surface area contributed by atoms with E-state index >= 15 is 0 Å². The van der Waals surface area contributed by atoms with Crippen LogP contribution in [-0.4, -0.2) is 41.3 Å². The average molecular weight is 471 g/mol. The highest BCUT2D eigenvalue weighted by atomic mass is 32.2. The van der Waals surface area contributed by atoms with Crippen molar-refractivity contribution < 1.29 is 17.6 Å². The number of amides is 1. The molecule has 0 aliphatic carbocycles. The number of hydrogen-bond donors (Lipinski definition) is 1. The van der Waals surface area contributed by atoms with Crippen molar-refractivity contribution in [1.29, 1.82) is 0 Å². The minimum atomic E-state index is -3.58. The maximum absolute atomic E-state index is 14.4. The molecule has 3 aromatic rings. The summed E-state index contributed by atoms with van der Waals surface area (Å²) in [6.45, 7) is 4.63. The largest absolute Gasteiger partial charge is 0.352 e. The molecule has 0 radical (unpaired) electrons. The van der Waals surface area contributed by atoms with Crippen LogP contribution in [-0.2, 0) is 21.4 Å². The SMILES string of the molecule is Cc1ccc(S(=O)(=O)N2CCC(C(=O)NCc3ccc(-n4ccnc4)c(F)c3)CC2)cc1C. The Kier molecular flexibility index (Phi) is 6.62. The van der Waals surface area contributed by atoms with E-state index in [1.165, 1.54) is 16.7 Å². The number of carbonyl (C=O) groups excluding carboxylic acids is 1. The van der Waals surface area contributed by atoms with Crippen LogP contribution in [0, 0.1) is 25.6 Å². The zero-order chi connectivity index (χ0) is 23.6. The van der Waals surface area contributed by atoms with Crippen molar-refractivity contribution in [3.63, 3.8) is 0 Å². The van der Waals surface area contributed by atoms with Crippen LogP contribution in [0.15, 0.2) is 60.0 Å². The summed E-state index contributed by atoms with van der Waals surface area (Å²) in [5.74, 6) is -0.812. The molecule has 0 spiro atoms. The van der Waals surface area contributed by atoms with E-state index in [4.69, 9.17) is 0 Å². The molecule has 1 aliphatic rings. The fraction of sp³-hybridized carbons (Fsp3) is 0.333. The number of aromatic nitrogens is 2. The third-order valence-electron chi connectivity index (χ3n) is 6.20. The van der Waals surface area contributed by atoms with Crippen LogP contribution in [0.4, 0.5) is 4.39 Å². The highest BCUT2D eigenvalue weighted by molar-refractivity contribution is 7.89. The number of hydrogen-bond acceptors (Lipinski definition) is 4. The summed E-state index contributed by atoms with van der Waals surface area (Å²) in [4.78, 5) is 16.8. The van der Waals surface area contributed by atoms with Gasteiger partial charge in [-0.25, -0.2) is 17.8 Å². The molecular weight excluding hydrogens is 443 g/mol. The van der Waals surface area contributed by atoms with Gasteiger partial charge in [-0.1, -0.05) is 12.1 Å². The van der Waals surface area contributed by atoms with Gasteiger partial charge in [-0.3, -0.25) is 4.79 Å².